The number of rotatable bonds is 6. The van der Waals surface area contributed by atoms with Crippen molar-refractivity contribution in [3.05, 3.63) is 65.2 Å². The molecule has 0 atom stereocenters. The summed E-state index contributed by atoms with van der Waals surface area (Å²) in [5.41, 5.74) is 1.66. The van der Waals surface area contributed by atoms with E-state index in [-0.39, 0.29) is 15.7 Å². The Kier molecular flexibility index (Phi) is 5.43. The number of hydrogen-bond acceptors (Lipinski definition) is 6. The molecule has 27 heavy (non-hydrogen) atoms. The van der Waals surface area contributed by atoms with Crippen LogP contribution in [0.25, 0.3) is 0 Å². The number of nitrogens with one attached hydrogen (secondary N) is 2. The van der Waals surface area contributed by atoms with Crippen LogP contribution in [0, 0.1) is 6.92 Å². The molecule has 9 heteroatoms. The number of hydrogen-bond donors (Lipinski definition) is 2. The summed E-state index contributed by atoms with van der Waals surface area (Å²) < 4.78 is 32.2. The van der Waals surface area contributed by atoms with Crippen LogP contribution in [-0.2, 0) is 10.0 Å². The molecular formula is C18H17N3O4S2. The third-order valence-electron chi connectivity index (χ3n) is 3.64. The van der Waals surface area contributed by atoms with E-state index >= 15 is 0 Å². The number of amides is 1. The molecular weight excluding hydrogens is 386 g/mol. The molecule has 0 radical (unpaired) electrons. The number of anilines is 2. The van der Waals surface area contributed by atoms with Gasteiger partial charge < -0.3 is 10.1 Å². The van der Waals surface area contributed by atoms with E-state index in [4.69, 9.17) is 4.74 Å². The topological polar surface area (TPSA) is 97.4 Å². The van der Waals surface area contributed by atoms with Gasteiger partial charge >= 0.3 is 0 Å². The van der Waals surface area contributed by atoms with E-state index in [1.807, 2.05) is 6.92 Å². The fourth-order valence-corrected chi connectivity index (χ4v) is 4.13. The fraction of sp³-hybridized carbons (Fsp3) is 0.111. The van der Waals surface area contributed by atoms with Gasteiger partial charge in [-0.1, -0.05) is 17.7 Å². The summed E-state index contributed by atoms with van der Waals surface area (Å²) in [4.78, 5) is 16.5. The Morgan fingerprint density at radius 3 is 2.37 bits per heavy atom. The van der Waals surface area contributed by atoms with E-state index in [0.717, 1.165) is 16.9 Å². The number of methoxy groups -OCH3 is 1. The summed E-state index contributed by atoms with van der Waals surface area (Å²) in [7, 11) is -2.20. The summed E-state index contributed by atoms with van der Waals surface area (Å²) in [6.45, 7) is 1.87. The molecule has 1 aromatic heterocycles. The second-order valence-corrected chi connectivity index (χ2v) is 8.18. The Hall–Kier alpha value is -2.91. The second kappa shape index (κ2) is 7.77. The lowest BCUT2D eigenvalue weighted by atomic mass is 10.2. The molecule has 0 aliphatic rings. The molecule has 0 spiro atoms. The molecule has 0 saturated carbocycles. The first-order valence-corrected chi connectivity index (χ1v) is 10.2. The number of aryl methyl sites for hydroxylation is 1. The van der Waals surface area contributed by atoms with Crippen molar-refractivity contribution in [2.75, 3.05) is 17.1 Å². The van der Waals surface area contributed by atoms with E-state index in [9.17, 15) is 13.2 Å². The number of thiazole rings is 1. The Balaban J connectivity index is 1.70. The summed E-state index contributed by atoms with van der Waals surface area (Å²) in [6.07, 6.45) is 0. The van der Waals surface area contributed by atoms with Crippen molar-refractivity contribution < 1.29 is 17.9 Å². The maximum atomic E-state index is 12.4. The van der Waals surface area contributed by atoms with Gasteiger partial charge in [0, 0.05) is 11.1 Å². The molecule has 7 nitrogen and oxygen atoms in total. The number of sulfonamides is 1. The number of nitrogens with zero attached hydrogens (tertiary/aromatic N) is 1. The maximum absolute atomic E-state index is 12.4. The first-order valence-electron chi connectivity index (χ1n) is 7.88. The predicted octanol–water partition coefficient (Wildman–Crippen LogP) is 3.51. The van der Waals surface area contributed by atoms with Crippen LogP contribution in [0.2, 0.25) is 0 Å². The van der Waals surface area contributed by atoms with Gasteiger partial charge in [-0.3, -0.25) is 9.52 Å². The lowest BCUT2D eigenvalue weighted by Gasteiger charge is -2.06. The molecule has 0 aliphatic heterocycles. The summed E-state index contributed by atoms with van der Waals surface area (Å²) in [6, 6.07) is 13.3. The largest absolute Gasteiger partial charge is 0.497 e. The molecule has 3 aromatic rings. The van der Waals surface area contributed by atoms with E-state index in [1.165, 1.54) is 17.5 Å². The van der Waals surface area contributed by atoms with Crippen LogP contribution in [0.3, 0.4) is 0 Å². The molecule has 3 rings (SSSR count). The van der Waals surface area contributed by atoms with Crippen molar-refractivity contribution in [3.63, 3.8) is 0 Å². The molecule has 0 unspecified atom stereocenters. The Bertz CT molecular complexity index is 1040. The lowest BCUT2D eigenvalue weighted by Crippen LogP contribution is -2.14. The van der Waals surface area contributed by atoms with Crippen LogP contribution in [0.15, 0.2) is 58.8 Å². The average Bonchev–Trinajstić information content (AvgIpc) is 3.10. The quantitative estimate of drug-likeness (QED) is 0.656. The van der Waals surface area contributed by atoms with Crippen molar-refractivity contribution in [3.8, 4) is 5.75 Å². The van der Waals surface area contributed by atoms with Crippen molar-refractivity contribution in [1.82, 2.24) is 4.98 Å². The van der Waals surface area contributed by atoms with Gasteiger partial charge in [-0.25, -0.2) is 13.4 Å². The fourth-order valence-electron chi connectivity index (χ4n) is 2.19. The van der Waals surface area contributed by atoms with E-state index < -0.39 is 15.9 Å². The first-order chi connectivity index (χ1) is 12.9. The summed E-state index contributed by atoms with van der Waals surface area (Å²) in [5.74, 6) is 0.242. The number of aromatic nitrogens is 1. The molecule has 1 heterocycles. The van der Waals surface area contributed by atoms with Gasteiger partial charge in [0.25, 0.3) is 15.9 Å². The Morgan fingerprint density at radius 1 is 1.07 bits per heavy atom. The Morgan fingerprint density at radius 2 is 1.74 bits per heavy atom. The van der Waals surface area contributed by atoms with Gasteiger partial charge in [0.05, 0.1) is 12.0 Å². The van der Waals surface area contributed by atoms with Crippen LogP contribution in [-0.4, -0.2) is 26.4 Å². The third kappa shape index (κ3) is 4.63. The normalized spacial score (nSPS) is 11.0. The lowest BCUT2D eigenvalue weighted by molar-refractivity contribution is 0.102. The zero-order valence-electron chi connectivity index (χ0n) is 14.6. The van der Waals surface area contributed by atoms with Crippen LogP contribution >= 0.6 is 11.3 Å². The van der Waals surface area contributed by atoms with Crippen molar-refractivity contribution in [2.24, 2.45) is 0 Å². The summed E-state index contributed by atoms with van der Waals surface area (Å²) in [5, 5.41) is 4.31. The molecule has 0 bridgehead atoms. The zero-order chi connectivity index (χ0) is 19.4. The molecule has 0 aliphatic carbocycles. The van der Waals surface area contributed by atoms with Crippen LogP contribution in [0.5, 0.6) is 5.75 Å². The highest BCUT2D eigenvalue weighted by atomic mass is 32.2. The highest BCUT2D eigenvalue weighted by Gasteiger charge is 2.18. The number of ether oxygens (including phenoxy) is 1. The zero-order valence-corrected chi connectivity index (χ0v) is 16.2. The monoisotopic (exact) mass is 403 g/mol. The first kappa shape index (κ1) is 18.9. The van der Waals surface area contributed by atoms with Crippen molar-refractivity contribution in [2.45, 2.75) is 11.8 Å². The molecule has 2 aromatic carbocycles. The minimum atomic E-state index is -3.76. The Labute approximate surface area is 161 Å². The van der Waals surface area contributed by atoms with Crippen molar-refractivity contribution in [1.29, 1.82) is 0 Å². The highest BCUT2D eigenvalue weighted by Crippen LogP contribution is 2.22. The van der Waals surface area contributed by atoms with Gasteiger partial charge in [0.2, 0.25) is 0 Å². The van der Waals surface area contributed by atoms with E-state index in [0.29, 0.717) is 11.4 Å². The van der Waals surface area contributed by atoms with Gasteiger partial charge in [-0.05, 0) is 43.3 Å². The minimum absolute atomic E-state index is 0.121. The smallest absolute Gasteiger partial charge is 0.275 e. The van der Waals surface area contributed by atoms with Gasteiger partial charge in [-0.15, -0.1) is 11.3 Å². The highest BCUT2D eigenvalue weighted by molar-refractivity contribution is 7.93. The average molecular weight is 403 g/mol. The standard InChI is InChI=1S/C18H17N3O4S2/c1-12-3-9-15(10-4-12)27(23,24)21-18-20-16(11-26-18)17(22)19-13-5-7-14(25-2)8-6-13/h3-11H,1-2H3,(H,19,22)(H,20,21). The van der Waals surface area contributed by atoms with Gasteiger partial charge in [0.15, 0.2) is 5.13 Å². The summed E-state index contributed by atoms with van der Waals surface area (Å²) >= 11 is 1.04. The van der Waals surface area contributed by atoms with Crippen LogP contribution in [0.4, 0.5) is 10.8 Å². The van der Waals surface area contributed by atoms with E-state index in [1.54, 1.807) is 43.5 Å². The molecule has 1 amide bonds. The van der Waals surface area contributed by atoms with Gasteiger partial charge in [0.1, 0.15) is 11.4 Å². The third-order valence-corrected chi connectivity index (χ3v) is 5.88. The maximum Gasteiger partial charge on any atom is 0.275 e. The SMILES string of the molecule is COc1ccc(NC(=O)c2csc(NS(=O)(=O)c3ccc(C)cc3)n2)cc1. The molecule has 0 saturated heterocycles. The molecule has 0 fully saturated rings. The van der Waals surface area contributed by atoms with Crippen molar-refractivity contribution >= 4 is 38.1 Å². The number of benzene rings is 2. The minimum Gasteiger partial charge on any atom is -0.497 e. The van der Waals surface area contributed by atoms with Gasteiger partial charge in [-0.2, -0.15) is 0 Å². The molecule has 140 valence electrons. The molecule has 2 N–H and O–H groups in total. The second-order valence-electron chi connectivity index (χ2n) is 5.64. The number of carbonyl (C=O) groups excluding carboxylic acids is 1. The predicted molar refractivity (Wildman–Crippen MR) is 105 cm³/mol. The number of carbonyl (C=O) groups is 1. The van der Waals surface area contributed by atoms with E-state index in [2.05, 4.69) is 15.0 Å². The van der Waals surface area contributed by atoms with Crippen LogP contribution in [0.1, 0.15) is 16.1 Å². The van der Waals surface area contributed by atoms with Crippen LogP contribution < -0.4 is 14.8 Å².